The zero-order valence-corrected chi connectivity index (χ0v) is 111. The average molecular weight is 2300 g/mol. The van der Waals surface area contributed by atoms with E-state index >= 15 is 0 Å². The molecule has 3 aromatic rings. The zero-order valence-electron chi connectivity index (χ0n) is 97.6. The van der Waals surface area contributed by atoms with Gasteiger partial charge in [-0.3, -0.25) is 4.43 Å². The summed E-state index contributed by atoms with van der Waals surface area (Å²) in [6.07, 6.45) is 41.9. The predicted octanol–water partition coefficient (Wildman–Crippen LogP) is 31.1. The first-order valence-corrected chi connectivity index (χ1v) is 92.0. The van der Waals surface area contributed by atoms with Crippen molar-refractivity contribution in [1.82, 2.24) is 0 Å². The van der Waals surface area contributed by atoms with Crippen LogP contribution in [0.1, 0.15) is 275 Å². The molecule has 0 N–H and O–H groups in total. The SMILES string of the molecule is C.C.CCCOCCCCCCC(CCOC(CC)C1CCCC1)CO[Si](C)(C(C)C)C(C)C.CO[Si](OC)(OC)OC(O[Si](C)(C)C)O[Si](C)(C)C.CO[Si](OC1CC1)(OC1CC1)OC(O[Si](C)(C)C)O[Si](C)(C)C.C[Si](C)(C)OC(O[Si](C)(C)C)O[Si](OC1CCCCCC1)(OC1CCCCCC1)OC1CCCCCC1.C[Si](C)(C)OC(O[Si](C)(C)C)O[Si](Oc1ccccc1)(Oc1ccccc1)Oc1ccccc1. The molecule has 6 saturated carbocycles. The third kappa shape index (κ3) is 64.1. The van der Waals surface area contributed by atoms with E-state index in [0.29, 0.717) is 40.4 Å². The molecule has 6 aliphatic carbocycles. The summed E-state index contributed by atoms with van der Waals surface area (Å²) in [5.74, 6) is 3.11. The van der Waals surface area contributed by atoms with Gasteiger partial charge in [-0.15, -0.1) is 0 Å². The summed E-state index contributed by atoms with van der Waals surface area (Å²) in [7, 11) is -25.1. The van der Waals surface area contributed by atoms with Crippen molar-refractivity contribution in [3.05, 3.63) is 91.0 Å². The number of para-hydroxylation sites is 3. The van der Waals surface area contributed by atoms with Crippen LogP contribution in [0.25, 0.3) is 0 Å². The lowest BCUT2D eigenvalue weighted by molar-refractivity contribution is -0.218. The van der Waals surface area contributed by atoms with Crippen LogP contribution in [-0.2, 0) is 107 Å². The number of hydrogen-bond acceptors (Lipinski definition) is 27. The van der Waals surface area contributed by atoms with Gasteiger partial charge in [-0.1, -0.05) is 220 Å². The molecule has 2 atom stereocenters. The number of hydrogen-bond donors (Lipinski definition) is 0. The summed E-state index contributed by atoms with van der Waals surface area (Å²) in [5, 5.41) is 0. The summed E-state index contributed by atoms with van der Waals surface area (Å²) in [6.45, 7) is 67.2. The van der Waals surface area contributed by atoms with Crippen molar-refractivity contribution < 1.29 is 120 Å². The van der Waals surface area contributed by atoms with E-state index in [4.69, 9.17) is 120 Å². The topological polar surface area (TPSA) is 249 Å². The molecule has 860 valence electrons. The van der Waals surface area contributed by atoms with Crippen LogP contribution in [0.3, 0.4) is 0 Å². The van der Waals surface area contributed by atoms with Gasteiger partial charge in [0, 0.05) is 54.9 Å². The van der Waals surface area contributed by atoms with Crippen LogP contribution in [-0.4, -0.2) is 228 Å². The monoisotopic (exact) mass is 2300 g/mol. The smallest absolute Gasteiger partial charge is 0.462 e. The maximum Gasteiger partial charge on any atom is 0.896 e. The van der Waals surface area contributed by atoms with Gasteiger partial charge in [0.15, 0.2) is 74.9 Å². The van der Waals surface area contributed by atoms with Crippen LogP contribution in [0.5, 0.6) is 17.2 Å². The Morgan fingerprint density at radius 1 is 0.279 bits per heavy atom. The van der Waals surface area contributed by atoms with E-state index in [-0.39, 0.29) is 45.4 Å². The zero-order chi connectivity index (χ0) is 108. The van der Waals surface area contributed by atoms with Gasteiger partial charge in [-0.2, -0.15) is 0 Å². The lowest BCUT2D eigenvalue weighted by atomic mass is 9.97. The highest BCUT2D eigenvalue weighted by Crippen LogP contribution is 2.41. The molecule has 147 heavy (non-hydrogen) atoms. The Balaban J connectivity index is 0.000000479. The van der Waals surface area contributed by atoms with Gasteiger partial charge in [0.1, 0.15) is 17.2 Å². The molecular formula is C107H218O27Si13. The van der Waals surface area contributed by atoms with Gasteiger partial charge in [0.2, 0.25) is 19.4 Å². The Bertz CT molecular complexity index is 3510. The van der Waals surface area contributed by atoms with Gasteiger partial charge >= 0.3 is 36.2 Å². The Kier molecular flexibility index (Phi) is 66.2. The lowest BCUT2D eigenvalue weighted by Crippen LogP contribution is -2.61. The third-order valence-corrected chi connectivity index (χ3v) is 45.7. The molecule has 0 amide bonds. The van der Waals surface area contributed by atoms with Crippen molar-refractivity contribution in [2.24, 2.45) is 11.8 Å². The molecule has 0 bridgehead atoms. The first-order chi connectivity index (χ1) is 67.9. The summed E-state index contributed by atoms with van der Waals surface area (Å²) in [4.78, 5) is 0. The number of rotatable bonds is 64. The van der Waals surface area contributed by atoms with Crippen molar-refractivity contribution in [1.29, 1.82) is 0 Å². The number of benzene rings is 3. The van der Waals surface area contributed by atoms with E-state index in [1.165, 1.54) is 156 Å². The van der Waals surface area contributed by atoms with Crippen LogP contribution >= 0.6 is 0 Å². The lowest BCUT2D eigenvalue weighted by Gasteiger charge is -2.40. The quantitative estimate of drug-likeness (QED) is 0.0220. The van der Waals surface area contributed by atoms with E-state index < -0.39 is 137 Å². The van der Waals surface area contributed by atoms with Gasteiger partial charge in [0.05, 0.1) is 36.6 Å². The van der Waals surface area contributed by atoms with E-state index in [1.807, 2.05) is 91.0 Å². The molecule has 0 saturated heterocycles. The van der Waals surface area contributed by atoms with Crippen LogP contribution in [0.15, 0.2) is 91.0 Å². The van der Waals surface area contributed by atoms with Gasteiger partial charge in [-0.25, -0.2) is 0 Å². The van der Waals surface area contributed by atoms with Gasteiger partial charge < -0.3 is 116 Å². The molecule has 9 rings (SSSR count). The molecule has 6 aliphatic rings. The molecule has 0 aromatic heterocycles. The first kappa shape index (κ1) is 140. The Morgan fingerprint density at radius 3 is 0.830 bits per heavy atom. The molecule has 2 unspecified atom stereocenters. The second kappa shape index (κ2) is 69.4. The highest BCUT2D eigenvalue weighted by molar-refractivity contribution is 6.75. The van der Waals surface area contributed by atoms with E-state index in [0.717, 1.165) is 116 Å². The van der Waals surface area contributed by atoms with E-state index in [1.54, 1.807) is 7.11 Å². The predicted molar refractivity (Wildman–Crippen MR) is 629 cm³/mol. The largest absolute Gasteiger partial charge is 0.896 e. The summed E-state index contributed by atoms with van der Waals surface area (Å²) in [5.41, 5.74) is 1.32. The normalized spacial score (nSPS) is 17.5. The van der Waals surface area contributed by atoms with Gasteiger partial charge in [0.25, 0.3) is 6.48 Å². The molecule has 27 nitrogen and oxygen atoms in total. The number of unbranched alkanes of at least 4 members (excludes halogenated alkanes) is 3. The number of ether oxygens (including phenoxy) is 2. The molecule has 0 aliphatic heterocycles. The van der Waals surface area contributed by atoms with Crippen molar-refractivity contribution in [2.45, 2.75) is 512 Å². The van der Waals surface area contributed by atoms with Crippen molar-refractivity contribution in [3.63, 3.8) is 0 Å². The first-order valence-electron chi connectivity index (χ1n) is 55.6. The van der Waals surface area contributed by atoms with Crippen LogP contribution < -0.4 is 13.3 Å². The minimum atomic E-state index is -3.99. The molecule has 6 fully saturated rings. The molecule has 40 heteroatoms. The average Bonchev–Trinajstić information content (AvgIpc) is 1.79. The molecule has 3 aromatic carbocycles. The molecule has 0 spiro atoms. The van der Waals surface area contributed by atoms with Crippen LogP contribution in [0.2, 0.25) is 175 Å². The fourth-order valence-corrected chi connectivity index (χ4v) is 33.3. The summed E-state index contributed by atoms with van der Waals surface area (Å²) >= 11 is 0. The highest BCUT2D eigenvalue weighted by Gasteiger charge is 2.60. The minimum absolute atomic E-state index is 0. The van der Waals surface area contributed by atoms with E-state index in [2.05, 4.69) is 205 Å². The molecule has 0 radical (unpaired) electrons. The minimum Gasteiger partial charge on any atom is -0.462 e. The second-order valence-corrected chi connectivity index (χ2v) is 97.5. The second-order valence-electron chi connectivity index (χ2n) is 48.5. The fourth-order valence-electron chi connectivity index (χ4n) is 16.5. The van der Waals surface area contributed by atoms with Crippen molar-refractivity contribution in [2.75, 3.05) is 54.9 Å². The molecule has 0 heterocycles. The maximum atomic E-state index is 7.05. The fraction of sp³-hybridized carbons (Fsp3) is 0.832. The summed E-state index contributed by atoms with van der Waals surface area (Å²) < 4.78 is 168. The van der Waals surface area contributed by atoms with Crippen molar-refractivity contribution in [3.8, 4) is 17.2 Å². The Labute approximate surface area is 911 Å². The Hall–Kier alpha value is -1.08. The van der Waals surface area contributed by atoms with Crippen LogP contribution in [0, 0.1) is 11.8 Å². The third-order valence-electron chi connectivity index (χ3n) is 24.6. The van der Waals surface area contributed by atoms with Crippen molar-refractivity contribution >= 4 is 111 Å². The highest BCUT2D eigenvalue weighted by atomic mass is 28.4. The molecular weight excluding hydrogens is 2080 g/mol. The summed E-state index contributed by atoms with van der Waals surface area (Å²) in [6, 6.07) is 28.1. The maximum absolute atomic E-state index is 7.05. The standard InChI is InChI=1S/C28H58O6Si3.C28H58O3Si.C25H34O6Si3.C14H32O6Si3.C10H28O6Si3.2CH4/c1-35(2,3)32-28(33-36(4,5)6)34-37(29-25-19-13-7-8-14-20-25,30-26-21-15-9-10-16-22-26)31-27-23-17-11-12-18-24-27;1-8-20-29-21-15-11-10-12-16-26(23-31-32(7,24(3)4)25(5)6)19-22-30-28(9-2)27-17-13-14-18-27;1-32(2,3)29-25(30-33(4,5)6)31-34(26-22-16-10-7-11-17-22,27-23-18-12-8-13-19-23)28-24-20-14-9-15-21-24;1-15-23(16-12-8-9-12,17-13-10-11-13)20-14(18-21(2,3)4)19-22(5,6)7;1-11-19(12-2,13-3)16-10(14-17(4,5)6)15-18(7,8)9;;/h25-28H,7-24H2,1-6H3;24-28H,8-23H2,1-7H3;7-21,25H,1-6H3;12-14H,8-11H2,1-7H3;10H,1-9H3;2*1H4. The van der Waals surface area contributed by atoms with Crippen LogP contribution in [0.4, 0.5) is 0 Å². The Morgan fingerprint density at radius 2 is 0.551 bits per heavy atom. The van der Waals surface area contributed by atoms with E-state index in [9.17, 15) is 0 Å². The van der Waals surface area contributed by atoms with Gasteiger partial charge in [-0.05, 0) is 332 Å².